The molecule has 0 saturated heterocycles. The molecule has 0 aliphatic heterocycles. The van der Waals surface area contributed by atoms with Gasteiger partial charge in [0, 0.05) is 11.4 Å². The van der Waals surface area contributed by atoms with Crippen molar-refractivity contribution in [3.05, 3.63) is 77.5 Å². The summed E-state index contributed by atoms with van der Waals surface area (Å²) >= 11 is 0. The van der Waals surface area contributed by atoms with Crippen LogP contribution < -0.4 is 10.6 Å². The highest BCUT2D eigenvalue weighted by Gasteiger charge is 2.11. The summed E-state index contributed by atoms with van der Waals surface area (Å²) in [6.45, 7) is 3.86. The molecule has 126 valence electrons. The first kappa shape index (κ1) is 16.6. The van der Waals surface area contributed by atoms with Crippen LogP contribution >= 0.6 is 0 Å². The number of carbonyl (C=O) groups excluding carboxylic acids is 1. The molecule has 0 bridgehead atoms. The molecule has 0 unspecified atom stereocenters. The van der Waals surface area contributed by atoms with E-state index in [4.69, 9.17) is 0 Å². The summed E-state index contributed by atoms with van der Waals surface area (Å²) in [5, 5.41) is 5.79. The number of amides is 1. The van der Waals surface area contributed by atoms with E-state index < -0.39 is 0 Å². The average molecular weight is 336 g/mol. The minimum atomic E-state index is -0.345. The molecule has 3 rings (SSSR count). The van der Waals surface area contributed by atoms with Gasteiger partial charge in [0.15, 0.2) is 0 Å². The molecule has 25 heavy (non-hydrogen) atoms. The van der Waals surface area contributed by atoms with E-state index in [0.29, 0.717) is 11.5 Å². The smallest absolute Gasteiger partial charge is 0.275 e. The molecule has 6 heteroatoms. The first-order valence-corrected chi connectivity index (χ1v) is 7.75. The second-order valence-electron chi connectivity index (χ2n) is 5.64. The maximum Gasteiger partial charge on any atom is 0.275 e. The lowest BCUT2D eigenvalue weighted by Crippen LogP contribution is -2.15. The summed E-state index contributed by atoms with van der Waals surface area (Å²) in [6, 6.07) is 11.8. The van der Waals surface area contributed by atoms with Crippen LogP contribution in [0.5, 0.6) is 0 Å². The van der Waals surface area contributed by atoms with Crippen molar-refractivity contribution < 1.29 is 9.18 Å². The number of anilines is 3. The number of benzene rings is 2. The summed E-state index contributed by atoms with van der Waals surface area (Å²) in [4.78, 5) is 20.6. The van der Waals surface area contributed by atoms with Crippen LogP contribution in [0.15, 0.2) is 54.9 Å². The molecule has 0 radical (unpaired) electrons. The lowest BCUT2D eigenvalue weighted by Gasteiger charge is -2.11. The van der Waals surface area contributed by atoms with E-state index in [-0.39, 0.29) is 17.4 Å². The second-order valence-corrected chi connectivity index (χ2v) is 5.64. The Kier molecular flexibility index (Phi) is 4.70. The minimum Gasteiger partial charge on any atom is -0.339 e. The highest BCUT2D eigenvalue weighted by molar-refractivity contribution is 6.03. The van der Waals surface area contributed by atoms with E-state index in [1.54, 1.807) is 12.1 Å². The Morgan fingerprint density at radius 2 is 1.72 bits per heavy atom. The van der Waals surface area contributed by atoms with E-state index in [1.807, 2.05) is 32.0 Å². The van der Waals surface area contributed by atoms with E-state index in [2.05, 4.69) is 20.6 Å². The van der Waals surface area contributed by atoms with Crippen LogP contribution in [-0.2, 0) is 0 Å². The molecule has 5 nitrogen and oxygen atoms in total. The predicted molar refractivity (Wildman–Crippen MR) is 95.6 cm³/mol. The SMILES string of the molecule is Cc1cccc(C)c1NC(=O)c1cnc(Nc2cccc(F)c2)cn1. The summed E-state index contributed by atoms with van der Waals surface area (Å²) in [7, 11) is 0. The molecular weight excluding hydrogens is 319 g/mol. The fraction of sp³-hybridized carbons (Fsp3) is 0.105. The van der Waals surface area contributed by atoms with Crippen LogP contribution in [-0.4, -0.2) is 15.9 Å². The van der Waals surface area contributed by atoms with Crippen LogP contribution in [0.3, 0.4) is 0 Å². The third-order valence-corrected chi connectivity index (χ3v) is 3.70. The van der Waals surface area contributed by atoms with Gasteiger partial charge >= 0.3 is 0 Å². The van der Waals surface area contributed by atoms with Crippen LogP contribution in [0, 0.1) is 19.7 Å². The highest BCUT2D eigenvalue weighted by atomic mass is 19.1. The van der Waals surface area contributed by atoms with Crippen LogP contribution in [0.25, 0.3) is 0 Å². The Morgan fingerprint density at radius 1 is 1.00 bits per heavy atom. The molecule has 0 aliphatic carbocycles. The van der Waals surface area contributed by atoms with E-state index >= 15 is 0 Å². The lowest BCUT2D eigenvalue weighted by atomic mass is 10.1. The number of rotatable bonds is 4. The van der Waals surface area contributed by atoms with Crippen LogP contribution in [0.2, 0.25) is 0 Å². The van der Waals surface area contributed by atoms with Crippen molar-refractivity contribution in [3.8, 4) is 0 Å². The maximum atomic E-state index is 13.2. The third kappa shape index (κ3) is 3.98. The Labute approximate surface area is 145 Å². The fourth-order valence-corrected chi connectivity index (χ4v) is 2.41. The number of carbonyl (C=O) groups is 1. The molecule has 1 aromatic heterocycles. The van der Waals surface area contributed by atoms with Crippen molar-refractivity contribution >= 4 is 23.1 Å². The number of halogens is 1. The zero-order chi connectivity index (χ0) is 17.8. The van der Waals surface area contributed by atoms with Gasteiger partial charge in [-0.3, -0.25) is 4.79 Å². The van der Waals surface area contributed by atoms with Gasteiger partial charge in [0.05, 0.1) is 12.4 Å². The largest absolute Gasteiger partial charge is 0.339 e. The molecule has 2 N–H and O–H groups in total. The Hall–Kier alpha value is -3.28. The number of nitrogens with one attached hydrogen (secondary N) is 2. The predicted octanol–water partition coefficient (Wildman–Crippen LogP) is 4.23. The average Bonchev–Trinajstić information content (AvgIpc) is 2.59. The third-order valence-electron chi connectivity index (χ3n) is 3.70. The van der Waals surface area contributed by atoms with E-state index in [1.165, 1.54) is 24.5 Å². The van der Waals surface area contributed by atoms with Gasteiger partial charge in [0.2, 0.25) is 0 Å². The Balaban J connectivity index is 1.72. The summed E-state index contributed by atoms with van der Waals surface area (Å²) in [5.74, 6) is -0.251. The fourth-order valence-electron chi connectivity index (χ4n) is 2.41. The first-order chi connectivity index (χ1) is 12.0. The molecule has 2 aromatic carbocycles. The van der Waals surface area contributed by atoms with Gasteiger partial charge in [-0.05, 0) is 43.2 Å². The van der Waals surface area contributed by atoms with Gasteiger partial charge in [-0.2, -0.15) is 0 Å². The topological polar surface area (TPSA) is 66.9 Å². The summed E-state index contributed by atoms with van der Waals surface area (Å²) in [6.07, 6.45) is 2.81. The van der Waals surface area contributed by atoms with Crippen molar-refractivity contribution in [2.75, 3.05) is 10.6 Å². The van der Waals surface area contributed by atoms with Gasteiger partial charge in [0.1, 0.15) is 17.3 Å². The monoisotopic (exact) mass is 336 g/mol. The minimum absolute atomic E-state index is 0.201. The molecule has 1 heterocycles. The zero-order valence-corrected chi connectivity index (χ0v) is 13.9. The van der Waals surface area contributed by atoms with Crippen LogP contribution in [0.1, 0.15) is 21.6 Å². The second kappa shape index (κ2) is 7.09. The van der Waals surface area contributed by atoms with Crippen molar-refractivity contribution in [2.24, 2.45) is 0 Å². The molecule has 0 spiro atoms. The van der Waals surface area contributed by atoms with Gasteiger partial charge in [0.25, 0.3) is 5.91 Å². The van der Waals surface area contributed by atoms with Gasteiger partial charge in [-0.1, -0.05) is 24.3 Å². The molecule has 3 aromatic rings. The van der Waals surface area contributed by atoms with Gasteiger partial charge in [-0.15, -0.1) is 0 Å². The van der Waals surface area contributed by atoms with E-state index in [9.17, 15) is 9.18 Å². The molecule has 0 saturated carbocycles. The number of hydrogen-bond acceptors (Lipinski definition) is 4. The Morgan fingerprint density at radius 3 is 2.36 bits per heavy atom. The van der Waals surface area contributed by atoms with Crippen LogP contribution in [0.4, 0.5) is 21.6 Å². The molecule has 0 aliphatic rings. The number of hydrogen-bond donors (Lipinski definition) is 2. The molecule has 1 amide bonds. The first-order valence-electron chi connectivity index (χ1n) is 7.75. The standard InChI is InChI=1S/C19H17FN4O/c1-12-5-3-6-13(2)18(12)24-19(25)16-10-22-17(11-21-16)23-15-8-4-7-14(20)9-15/h3-11H,1-2H3,(H,22,23)(H,24,25). The lowest BCUT2D eigenvalue weighted by molar-refractivity contribution is 0.102. The van der Waals surface area contributed by atoms with Gasteiger partial charge in [-0.25, -0.2) is 14.4 Å². The van der Waals surface area contributed by atoms with Crippen molar-refractivity contribution in [1.82, 2.24) is 9.97 Å². The number of aromatic nitrogens is 2. The van der Waals surface area contributed by atoms with Gasteiger partial charge < -0.3 is 10.6 Å². The number of nitrogens with zero attached hydrogens (tertiary/aromatic N) is 2. The number of para-hydroxylation sites is 1. The quantitative estimate of drug-likeness (QED) is 0.748. The zero-order valence-electron chi connectivity index (χ0n) is 13.9. The maximum absolute atomic E-state index is 13.2. The highest BCUT2D eigenvalue weighted by Crippen LogP contribution is 2.20. The summed E-state index contributed by atoms with van der Waals surface area (Å²) < 4.78 is 13.2. The van der Waals surface area contributed by atoms with Crippen molar-refractivity contribution in [1.29, 1.82) is 0 Å². The van der Waals surface area contributed by atoms with Crippen molar-refractivity contribution in [2.45, 2.75) is 13.8 Å². The molecule has 0 atom stereocenters. The molecular formula is C19H17FN4O. The van der Waals surface area contributed by atoms with E-state index in [0.717, 1.165) is 16.8 Å². The number of aryl methyl sites for hydroxylation is 2. The Bertz CT molecular complexity index is 889. The summed E-state index contributed by atoms with van der Waals surface area (Å²) in [5.41, 5.74) is 3.49. The normalized spacial score (nSPS) is 10.4. The van der Waals surface area contributed by atoms with Crippen molar-refractivity contribution in [3.63, 3.8) is 0 Å². The molecule has 0 fully saturated rings.